The van der Waals surface area contributed by atoms with Gasteiger partial charge in [-0.25, -0.2) is 4.98 Å². The number of imidazole rings is 1. The van der Waals surface area contributed by atoms with Crippen molar-refractivity contribution in [2.75, 3.05) is 0 Å². The highest BCUT2D eigenvalue weighted by molar-refractivity contribution is 6.43. The molecule has 1 N–H and O–H groups in total. The van der Waals surface area contributed by atoms with Gasteiger partial charge in [0.05, 0.1) is 26.9 Å². The highest BCUT2D eigenvalue weighted by Gasteiger charge is 2.12. The molecule has 3 rings (SSSR count). The van der Waals surface area contributed by atoms with Crippen LogP contribution in [-0.2, 0) is 0 Å². The standard InChI is InChI=1S/C15H9Cl2N3O2/c16-12-6-2-5-11(14(12)17)13-8-18-15(19-13)9-3-1-4-10(7-9)20(21)22/h1-8H,(H,18,19). The number of non-ortho nitro benzene ring substituents is 1. The van der Waals surface area contributed by atoms with Gasteiger partial charge >= 0.3 is 0 Å². The normalized spacial score (nSPS) is 10.6. The van der Waals surface area contributed by atoms with Crippen LogP contribution in [0.15, 0.2) is 48.7 Å². The van der Waals surface area contributed by atoms with Crippen LogP contribution in [0.5, 0.6) is 0 Å². The lowest BCUT2D eigenvalue weighted by molar-refractivity contribution is -0.384. The molecule has 3 aromatic rings. The number of aromatic amines is 1. The Kier molecular flexibility index (Phi) is 3.83. The third-order valence-corrected chi connectivity index (χ3v) is 3.97. The van der Waals surface area contributed by atoms with Crippen molar-refractivity contribution in [2.24, 2.45) is 0 Å². The van der Waals surface area contributed by atoms with Gasteiger partial charge in [0.25, 0.3) is 5.69 Å². The van der Waals surface area contributed by atoms with E-state index in [9.17, 15) is 10.1 Å². The first-order valence-electron chi connectivity index (χ1n) is 6.30. The Hall–Kier alpha value is -2.37. The molecule has 0 unspecified atom stereocenters. The zero-order valence-electron chi connectivity index (χ0n) is 11.1. The fourth-order valence-electron chi connectivity index (χ4n) is 2.08. The number of nitrogens with zero attached hydrogens (tertiary/aromatic N) is 2. The van der Waals surface area contributed by atoms with E-state index in [-0.39, 0.29) is 5.69 Å². The van der Waals surface area contributed by atoms with Crippen molar-refractivity contribution in [3.8, 4) is 22.6 Å². The molecule has 0 aliphatic heterocycles. The van der Waals surface area contributed by atoms with Crippen LogP contribution in [0.3, 0.4) is 0 Å². The molecule has 110 valence electrons. The van der Waals surface area contributed by atoms with Gasteiger partial charge in [0, 0.05) is 23.3 Å². The van der Waals surface area contributed by atoms with Crippen LogP contribution in [0.2, 0.25) is 10.0 Å². The minimum absolute atomic E-state index is 0.0104. The average Bonchev–Trinajstić information content (AvgIpc) is 3.00. The van der Waals surface area contributed by atoms with Gasteiger partial charge in [-0.3, -0.25) is 10.1 Å². The first kappa shape index (κ1) is 14.6. The van der Waals surface area contributed by atoms with E-state index < -0.39 is 4.92 Å². The van der Waals surface area contributed by atoms with Crippen molar-refractivity contribution in [1.82, 2.24) is 9.97 Å². The maximum atomic E-state index is 10.8. The summed E-state index contributed by atoms with van der Waals surface area (Å²) in [6.45, 7) is 0. The van der Waals surface area contributed by atoms with E-state index >= 15 is 0 Å². The molecule has 2 aromatic carbocycles. The molecule has 0 aliphatic carbocycles. The van der Waals surface area contributed by atoms with Crippen molar-refractivity contribution in [3.05, 3.63) is 68.8 Å². The zero-order chi connectivity index (χ0) is 15.7. The molecule has 0 amide bonds. The summed E-state index contributed by atoms with van der Waals surface area (Å²) in [4.78, 5) is 17.8. The maximum absolute atomic E-state index is 10.8. The van der Waals surface area contributed by atoms with Gasteiger partial charge in [0.2, 0.25) is 0 Å². The summed E-state index contributed by atoms with van der Waals surface area (Å²) in [6.07, 6.45) is 1.62. The van der Waals surface area contributed by atoms with Gasteiger partial charge in [0.15, 0.2) is 0 Å². The smallest absolute Gasteiger partial charge is 0.270 e. The second kappa shape index (κ2) is 5.79. The third-order valence-electron chi connectivity index (χ3n) is 3.15. The summed E-state index contributed by atoms with van der Waals surface area (Å²) in [6, 6.07) is 11.6. The Bertz CT molecular complexity index is 861. The fourth-order valence-corrected chi connectivity index (χ4v) is 2.49. The lowest BCUT2D eigenvalue weighted by Crippen LogP contribution is -1.89. The van der Waals surface area contributed by atoms with Crippen molar-refractivity contribution in [3.63, 3.8) is 0 Å². The zero-order valence-corrected chi connectivity index (χ0v) is 12.6. The number of hydrogen-bond acceptors (Lipinski definition) is 3. The van der Waals surface area contributed by atoms with Gasteiger partial charge in [0.1, 0.15) is 5.82 Å². The molecule has 1 heterocycles. The molecule has 0 aliphatic rings. The summed E-state index contributed by atoms with van der Waals surface area (Å²) in [5, 5.41) is 11.7. The van der Waals surface area contributed by atoms with Crippen LogP contribution < -0.4 is 0 Å². The second-order valence-corrected chi connectivity index (χ2v) is 5.34. The first-order chi connectivity index (χ1) is 10.6. The van der Waals surface area contributed by atoms with E-state index in [4.69, 9.17) is 23.2 Å². The van der Waals surface area contributed by atoms with Crippen molar-refractivity contribution < 1.29 is 4.92 Å². The summed E-state index contributed by atoms with van der Waals surface area (Å²) in [5.74, 6) is 0.523. The van der Waals surface area contributed by atoms with Crippen LogP contribution in [-0.4, -0.2) is 14.9 Å². The van der Waals surface area contributed by atoms with Crippen molar-refractivity contribution >= 4 is 28.9 Å². The van der Waals surface area contributed by atoms with Gasteiger partial charge in [-0.1, -0.05) is 47.5 Å². The Balaban J connectivity index is 2.02. The molecule has 1 aromatic heterocycles. The predicted molar refractivity (Wildman–Crippen MR) is 86.1 cm³/mol. The van der Waals surface area contributed by atoms with Crippen LogP contribution in [0.1, 0.15) is 0 Å². The first-order valence-corrected chi connectivity index (χ1v) is 7.06. The number of nitrogens with one attached hydrogen (secondary N) is 1. The number of halogens is 2. The molecule has 0 bridgehead atoms. The minimum Gasteiger partial charge on any atom is -0.338 e. The molecule has 5 nitrogen and oxygen atoms in total. The maximum Gasteiger partial charge on any atom is 0.270 e. The number of nitro groups is 1. The number of rotatable bonds is 3. The molecule has 7 heteroatoms. The molecular weight excluding hydrogens is 325 g/mol. The number of nitro benzene ring substituents is 1. The highest BCUT2D eigenvalue weighted by atomic mass is 35.5. The van der Waals surface area contributed by atoms with Crippen LogP contribution in [0.4, 0.5) is 5.69 Å². The molecule has 0 saturated heterocycles. The average molecular weight is 334 g/mol. The van der Waals surface area contributed by atoms with E-state index in [0.29, 0.717) is 27.1 Å². The Labute approximate surface area is 135 Å². The number of hydrogen-bond donors (Lipinski definition) is 1. The molecule has 0 spiro atoms. The molecule has 0 atom stereocenters. The van der Waals surface area contributed by atoms with Crippen molar-refractivity contribution in [2.45, 2.75) is 0 Å². The molecule has 0 saturated carbocycles. The second-order valence-electron chi connectivity index (χ2n) is 4.55. The van der Waals surface area contributed by atoms with E-state index in [2.05, 4.69) is 9.97 Å². The Morgan fingerprint density at radius 1 is 1.14 bits per heavy atom. The molecule has 0 fully saturated rings. The quantitative estimate of drug-likeness (QED) is 0.543. The van der Waals surface area contributed by atoms with E-state index in [0.717, 1.165) is 5.56 Å². The van der Waals surface area contributed by atoms with Gasteiger partial charge in [-0.05, 0) is 6.07 Å². The SMILES string of the molecule is O=[N+]([O-])c1cccc(-c2ncc(-c3cccc(Cl)c3Cl)[nH]2)c1. The fraction of sp³-hybridized carbons (Fsp3) is 0. The Morgan fingerprint density at radius 3 is 2.68 bits per heavy atom. The largest absolute Gasteiger partial charge is 0.338 e. The van der Waals surface area contributed by atoms with E-state index in [1.807, 2.05) is 6.07 Å². The molecule has 0 radical (unpaired) electrons. The Morgan fingerprint density at radius 2 is 1.91 bits per heavy atom. The lowest BCUT2D eigenvalue weighted by Gasteiger charge is -2.03. The van der Waals surface area contributed by atoms with E-state index in [1.165, 1.54) is 12.1 Å². The monoisotopic (exact) mass is 333 g/mol. The van der Waals surface area contributed by atoms with Gasteiger partial charge in [-0.15, -0.1) is 0 Å². The number of benzene rings is 2. The predicted octanol–water partition coefficient (Wildman–Crippen LogP) is 4.96. The topological polar surface area (TPSA) is 71.8 Å². The van der Waals surface area contributed by atoms with E-state index in [1.54, 1.807) is 30.5 Å². The minimum atomic E-state index is -0.443. The molecule has 22 heavy (non-hydrogen) atoms. The highest BCUT2D eigenvalue weighted by Crippen LogP contribution is 2.33. The van der Waals surface area contributed by atoms with Crippen LogP contribution in [0.25, 0.3) is 22.6 Å². The van der Waals surface area contributed by atoms with Crippen molar-refractivity contribution in [1.29, 1.82) is 0 Å². The third kappa shape index (κ3) is 2.68. The summed E-state index contributed by atoms with van der Waals surface area (Å²) >= 11 is 12.2. The summed E-state index contributed by atoms with van der Waals surface area (Å²) in [5.41, 5.74) is 2.04. The lowest BCUT2D eigenvalue weighted by atomic mass is 10.1. The summed E-state index contributed by atoms with van der Waals surface area (Å²) in [7, 11) is 0. The van der Waals surface area contributed by atoms with Crippen LogP contribution >= 0.6 is 23.2 Å². The van der Waals surface area contributed by atoms with Gasteiger partial charge in [-0.2, -0.15) is 0 Å². The van der Waals surface area contributed by atoms with Gasteiger partial charge < -0.3 is 4.98 Å². The number of H-pyrrole nitrogens is 1. The summed E-state index contributed by atoms with van der Waals surface area (Å²) < 4.78 is 0. The van der Waals surface area contributed by atoms with Crippen LogP contribution in [0, 0.1) is 10.1 Å². The molecular formula is C15H9Cl2N3O2. The number of aromatic nitrogens is 2.